The molecule has 0 fully saturated rings. The second-order valence-electron chi connectivity index (χ2n) is 7.03. The van der Waals surface area contributed by atoms with Crippen LogP contribution in [-0.2, 0) is 4.79 Å². The summed E-state index contributed by atoms with van der Waals surface area (Å²) in [4.78, 5) is 15.0. The van der Waals surface area contributed by atoms with Crippen LogP contribution < -0.4 is 0 Å². The van der Waals surface area contributed by atoms with Gasteiger partial charge in [0, 0.05) is 24.6 Å². The molecule has 0 unspecified atom stereocenters. The predicted molar refractivity (Wildman–Crippen MR) is 122 cm³/mol. The van der Waals surface area contributed by atoms with E-state index in [9.17, 15) is 4.79 Å². The second-order valence-corrected chi connectivity index (χ2v) is 8.92. The van der Waals surface area contributed by atoms with Gasteiger partial charge in [-0.3, -0.25) is 4.79 Å². The summed E-state index contributed by atoms with van der Waals surface area (Å²) < 4.78 is 1.90. The van der Waals surface area contributed by atoms with E-state index in [0.717, 1.165) is 32.4 Å². The third-order valence-corrected chi connectivity index (χ3v) is 6.95. The Balaban J connectivity index is 1.61. The number of amides is 1. The Morgan fingerprint density at radius 3 is 2.43 bits per heavy atom. The highest BCUT2D eigenvalue weighted by molar-refractivity contribution is 7.13. The molecule has 0 aliphatic carbocycles. The zero-order valence-electron chi connectivity index (χ0n) is 16.4. The van der Waals surface area contributed by atoms with E-state index < -0.39 is 0 Å². The summed E-state index contributed by atoms with van der Waals surface area (Å²) in [6.07, 6.45) is 3.15. The Kier molecular flexibility index (Phi) is 5.06. The molecule has 0 bridgehead atoms. The summed E-state index contributed by atoms with van der Waals surface area (Å²) in [6, 6.07) is 18.1. The Hall–Kier alpha value is -3.03. The standard InChI is InChI=1S/C23H20N4OS2/c1-2-22(28)27-19(14-18(24-27)20-10-6-12-29-20)17-15-26(16-8-4-3-5-9-16)25-23(17)21-11-7-13-30-21/h3-13,15,19H,2,14H2,1H3/t19-/m1/s1. The van der Waals surface area contributed by atoms with Crippen molar-refractivity contribution < 1.29 is 4.79 Å². The van der Waals surface area contributed by atoms with Crippen LogP contribution in [0.3, 0.4) is 0 Å². The van der Waals surface area contributed by atoms with Crippen molar-refractivity contribution in [2.75, 3.05) is 0 Å². The van der Waals surface area contributed by atoms with E-state index >= 15 is 0 Å². The molecule has 0 radical (unpaired) electrons. The minimum absolute atomic E-state index is 0.0242. The summed E-state index contributed by atoms with van der Waals surface area (Å²) in [7, 11) is 0. The lowest BCUT2D eigenvalue weighted by Gasteiger charge is -2.21. The van der Waals surface area contributed by atoms with Gasteiger partial charge in [-0.2, -0.15) is 10.2 Å². The van der Waals surface area contributed by atoms with Crippen LogP contribution in [0.25, 0.3) is 16.3 Å². The summed E-state index contributed by atoms with van der Waals surface area (Å²) >= 11 is 3.31. The van der Waals surface area contributed by atoms with E-state index in [2.05, 4.69) is 23.7 Å². The van der Waals surface area contributed by atoms with E-state index in [0.29, 0.717) is 12.8 Å². The molecule has 5 rings (SSSR count). The van der Waals surface area contributed by atoms with Gasteiger partial charge in [-0.25, -0.2) is 9.69 Å². The lowest BCUT2D eigenvalue weighted by Crippen LogP contribution is -2.26. The van der Waals surface area contributed by atoms with Crippen LogP contribution in [0.1, 0.15) is 36.2 Å². The van der Waals surface area contributed by atoms with Crippen molar-refractivity contribution in [2.24, 2.45) is 5.10 Å². The fourth-order valence-electron chi connectivity index (χ4n) is 3.69. The number of carbonyl (C=O) groups is 1. The van der Waals surface area contributed by atoms with Crippen molar-refractivity contribution in [3.05, 3.63) is 82.0 Å². The number of aromatic nitrogens is 2. The molecular formula is C23H20N4OS2. The Morgan fingerprint density at radius 2 is 1.77 bits per heavy atom. The molecule has 150 valence electrons. The highest BCUT2D eigenvalue weighted by Crippen LogP contribution is 2.40. The average molecular weight is 433 g/mol. The van der Waals surface area contributed by atoms with Gasteiger partial charge in [-0.15, -0.1) is 22.7 Å². The van der Waals surface area contributed by atoms with Crippen LogP contribution >= 0.6 is 22.7 Å². The molecule has 0 spiro atoms. The number of nitrogens with zero attached hydrogens (tertiary/aromatic N) is 4. The molecule has 4 heterocycles. The van der Waals surface area contributed by atoms with Gasteiger partial charge < -0.3 is 0 Å². The Morgan fingerprint density at radius 1 is 1.03 bits per heavy atom. The van der Waals surface area contributed by atoms with Crippen LogP contribution in [0, 0.1) is 0 Å². The first-order valence-electron chi connectivity index (χ1n) is 9.87. The minimum atomic E-state index is -0.163. The summed E-state index contributed by atoms with van der Waals surface area (Å²) in [5, 5.41) is 15.4. The zero-order chi connectivity index (χ0) is 20.5. The molecule has 0 saturated carbocycles. The first-order chi connectivity index (χ1) is 14.7. The fraction of sp³-hybridized carbons (Fsp3) is 0.174. The molecule has 0 N–H and O–H groups in total. The van der Waals surface area contributed by atoms with Crippen LogP contribution in [0.4, 0.5) is 0 Å². The molecule has 0 saturated heterocycles. The van der Waals surface area contributed by atoms with Crippen molar-refractivity contribution in [1.29, 1.82) is 0 Å². The quantitative estimate of drug-likeness (QED) is 0.403. The average Bonchev–Trinajstić information content (AvgIpc) is 3.57. The van der Waals surface area contributed by atoms with Crippen molar-refractivity contribution in [2.45, 2.75) is 25.8 Å². The van der Waals surface area contributed by atoms with Gasteiger partial charge in [0.1, 0.15) is 5.69 Å². The summed E-state index contributed by atoms with van der Waals surface area (Å²) in [5.74, 6) is 0.0242. The SMILES string of the molecule is CCC(=O)N1N=C(c2cccs2)C[C@@H]1c1cn(-c2ccccc2)nc1-c1cccs1. The van der Waals surface area contributed by atoms with E-state index in [1.54, 1.807) is 27.7 Å². The number of benzene rings is 1. The largest absolute Gasteiger partial charge is 0.273 e. The topological polar surface area (TPSA) is 50.5 Å². The van der Waals surface area contributed by atoms with Crippen molar-refractivity contribution in [1.82, 2.24) is 14.8 Å². The van der Waals surface area contributed by atoms with Gasteiger partial charge in [0.25, 0.3) is 0 Å². The van der Waals surface area contributed by atoms with E-state index in [1.165, 1.54) is 0 Å². The third kappa shape index (κ3) is 3.40. The maximum atomic E-state index is 12.8. The number of rotatable bonds is 5. The van der Waals surface area contributed by atoms with Gasteiger partial charge >= 0.3 is 0 Å². The van der Waals surface area contributed by atoms with Crippen LogP contribution in [0.15, 0.2) is 76.7 Å². The van der Waals surface area contributed by atoms with Crippen molar-refractivity contribution in [3.8, 4) is 16.3 Å². The smallest absolute Gasteiger partial charge is 0.242 e. The lowest BCUT2D eigenvalue weighted by atomic mass is 10.0. The molecule has 1 atom stereocenters. The lowest BCUT2D eigenvalue weighted by molar-refractivity contribution is -0.132. The second kappa shape index (κ2) is 8.01. The molecule has 1 aliphatic rings. The van der Waals surface area contributed by atoms with Gasteiger partial charge in [-0.1, -0.05) is 37.3 Å². The molecule has 3 aromatic heterocycles. The molecule has 7 heteroatoms. The van der Waals surface area contributed by atoms with Crippen molar-refractivity contribution in [3.63, 3.8) is 0 Å². The number of para-hydroxylation sites is 1. The summed E-state index contributed by atoms with van der Waals surface area (Å²) in [5.41, 5.74) is 3.89. The van der Waals surface area contributed by atoms with Crippen molar-refractivity contribution >= 4 is 34.3 Å². The predicted octanol–water partition coefficient (Wildman–Crippen LogP) is 5.75. The van der Waals surface area contributed by atoms with E-state index in [-0.39, 0.29) is 11.9 Å². The van der Waals surface area contributed by atoms with Gasteiger partial charge in [0.05, 0.1) is 27.2 Å². The molecule has 1 amide bonds. The molecule has 5 nitrogen and oxygen atoms in total. The number of hydrogen-bond donors (Lipinski definition) is 0. The molecule has 1 aliphatic heterocycles. The van der Waals surface area contributed by atoms with E-state index in [1.807, 2.05) is 59.5 Å². The zero-order valence-corrected chi connectivity index (χ0v) is 18.1. The molecule has 1 aromatic carbocycles. The van der Waals surface area contributed by atoms with Gasteiger partial charge in [-0.05, 0) is 35.0 Å². The molecule has 30 heavy (non-hydrogen) atoms. The van der Waals surface area contributed by atoms with Crippen LogP contribution in [0.2, 0.25) is 0 Å². The van der Waals surface area contributed by atoms with Crippen LogP contribution in [-0.4, -0.2) is 26.4 Å². The molecule has 4 aromatic rings. The van der Waals surface area contributed by atoms with Gasteiger partial charge in [0.15, 0.2) is 0 Å². The highest BCUT2D eigenvalue weighted by atomic mass is 32.1. The monoisotopic (exact) mass is 432 g/mol. The number of hydrazone groups is 1. The minimum Gasteiger partial charge on any atom is -0.273 e. The Bertz CT molecular complexity index is 1180. The summed E-state index contributed by atoms with van der Waals surface area (Å²) in [6.45, 7) is 1.88. The maximum absolute atomic E-state index is 12.8. The normalized spacial score (nSPS) is 16.1. The number of thiophene rings is 2. The maximum Gasteiger partial charge on any atom is 0.242 e. The third-order valence-electron chi connectivity index (χ3n) is 5.15. The van der Waals surface area contributed by atoms with Crippen LogP contribution in [0.5, 0.6) is 0 Å². The number of carbonyl (C=O) groups excluding carboxylic acids is 1. The number of hydrogen-bond acceptors (Lipinski definition) is 5. The first-order valence-corrected chi connectivity index (χ1v) is 11.6. The highest BCUT2D eigenvalue weighted by Gasteiger charge is 2.35. The van der Waals surface area contributed by atoms with E-state index in [4.69, 9.17) is 10.2 Å². The Labute approximate surface area is 182 Å². The van der Waals surface area contributed by atoms with Gasteiger partial charge in [0.2, 0.25) is 5.91 Å². The fourth-order valence-corrected chi connectivity index (χ4v) is 5.14. The first kappa shape index (κ1) is 19.0. The molecular weight excluding hydrogens is 412 g/mol.